The second kappa shape index (κ2) is 23.3. The van der Waals surface area contributed by atoms with Crippen LogP contribution < -0.4 is 9.47 Å². The SMILES string of the molecule is OC[C@H]1O[C@@H](Oc2c(F)c(F)c(-c3c4nc(c(-c5c(F)c(F)c(F)c(F)c5F)c5ccc([nH]5)c(-c5c(F)c(F)c(O[C@@H]6O[C@H](CO)[C@H](O)[C@H](O)[C@H]6O)c(F)c5F)c5nc(c(-c6c(F)c(F)c(F)c(F)c6F)c6ccc3[nH]6)C=C5)C=C4)c(F)c2F)[C@H](O)[C@@H](O)[C@H]1O. The van der Waals surface area contributed by atoms with Crippen molar-refractivity contribution >= 4 is 46.4 Å². The fourth-order valence-electron chi connectivity index (χ4n) is 10.3. The van der Waals surface area contributed by atoms with Crippen LogP contribution >= 0.6 is 0 Å². The molecule has 0 aliphatic carbocycles. The van der Waals surface area contributed by atoms with Gasteiger partial charge in [-0.1, -0.05) is 0 Å². The van der Waals surface area contributed by atoms with Crippen molar-refractivity contribution in [1.29, 1.82) is 0 Å². The van der Waals surface area contributed by atoms with E-state index in [9.17, 15) is 49.6 Å². The first kappa shape index (κ1) is 63.0. The van der Waals surface area contributed by atoms with E-state index in [1.165, 1.54) is 0 Å². The van der Waals surface area contributed by atoms with Crippen LogP contribution in [-0.4, -0.2) is 135 Å². The van der Waals surface area contributed by atoms with Gasteiger partial charge in [-0.3, -0.25) is 0 Å². The average Bonchev–Trinajstić information content (AvgIpc) is 1.49. The molecule has 0 saturated carbocycles. The summed E-state index contributed by atoms with van der Waals surface area (Å²) in [7, 11) is 0. The molecule has 4 aliphatic heterocycles. The third kappa shape index (κ3) is 9.78. The smallest absolute Gasteiger partial charge is 0.229 e. The van der Waals surface area contributed by atoms with Gasteiger partial charge in [0.05, 0.1) is 58.2 Å². The lowest BCUT2D eigenvalue weighted by molar-refractivity contribution is -0.278. The first-order valence-electron chi connectivity index (χ1n) is 25.4. The molecule has 0 amide bonds. The fourth-order valence-corrected chi connectivity index (χ4v) is 10.3. The molecule has 90 heavy (non-hydrogen) atoms. The standard InChI is InChI=1S/C56H32F18N4O12/c57-29-25(30(58)38(66)41(69)37(29)65)21-11-1-5-15(75-11)23(27-33(61)43(71)53(44(72)34(27)62)89-55-51(85)49(83)47(81)19(9-79)87-55)16-7-3-13(77-16)22(26-31(59)39(67)42(70)40(68)32(26)60)14-4-8-18(78-14)24(17-6-2-12(21)76-17)28-35(63)45(73)54(46(74)36(28)64)90-56-52(86)50(84)48(82)20(10-80)88-56/h1-8,19-20,47-52,55-56,75,78-86H,9-10H2/t19-,20-,47+,48+,49+,50+,51-,52-,55+,56+/m1/s1. The number of rotatable bonds is 10. The van der Waals surface area contributed by atoms with E-state index in [4.69, 9.17) is 18.9 Å². The van der Waals surface area contributed by atoms with Gasteiger partial charge in [0.25, 0.3) is 0 Å². The number of fused-ring (bicyclic) bond motifs is 8. The molecule has 3 aromatic heterocycles. The number of hydrogen-bond donors (Lipinski definition) is 10. The van der Waals surface area contributed by atoms with E-state index in [-0.39, 0.29) is 0 Å². The van der Waals surface area contributed by atoms with Crippen LogP contribution in [0.2, 0.25) is 0 Å². The minimum Gasteiger partial charge on any atom is -0.456 e. The zero-order valence-corrected chi connectivity index (χ0v) is 43.7. The summed E-state index contributed by atoms with van der Waals surface area (Å²) in [6.45, 7) is -2.34. The van der Waals surface area contributed by atoms with Gasteiger partial charge in [-0.15, -0.1) is 0 Å². The first-order valence-corrected chi connectivity index (χ1v) is 25.4. The highest BCUT2D eigenvalue weighted by Gasteiger charge is 2.48. The lowest BCUT2D eigenvalue weighted by Gasteiger charge is -2.39. The monoisotopic (exact) mass is 1290 g/mol. The Balaban J connectivity index is 1.27. The summed E-state index contributed by atoms with van der Waals surface area (Å²) >= 11 is 0. The molecule has 0 radical (unpaired) electrons. The van der Waals surface area contributed by atoms with Crippen molar-refractivity contribution in [2.75, 3.05) is 13.2 Å². The van der Waals surface area contributed by atoms with Crippen LogP contribution in [0.25, 0.3) is 90.9 Å². The van der Waals surface area contributed by atoms with Crippen LogP contribution in [0.4, 0.5) is 79.0 Å². The quantitative estimate of drug-likeness (QED) is 0.0352. The second-order valence-corrected chi connectivity index (χ2v) is 19.9. The van der Waals surface area contributed by atoms with Crippen molar-refractivity contribution in [1.82, 2.24) is 19.9 Å². The zero-order valence-electron chi connectivity index (χ0n) is 43.7. The minimum atomic E-state index is -2.78. The summed E-state index contributed by atoms with van der Waals surface area (Å²) in [4.78, 5) is 12.6. The van der Waals surface area contributed by atoms with Gasteiger partial charge in [-0.25, -0.2) is 71.4 Å². The molecule has 7 aromatic rings. The third-order valence-electron chi connectivity index (χ3n) is 14.8. The zero-order chi connectivity index (χ0) is 65.3. The Morgan fingerprint density at radius 2 is 0.533 bits per heavy atom. The molecule has 34 heteroatoms. The number of H-pyrrole nitrogens is 2. The predicted octanol–water partition coefficient (Wildman–Crippen LogP) is 8.18. The van der Waals surface area contributed by atoms with Gasteiger partial charge in [0.1, 0.15) is 48.8 Å². The number of aromatic nitrogens is 4. The number of nitrogens with one attached hydrogen (secondary N) is 2. The van der Waals surface area contributed by atoms with Gasteiger partial charge in [-0.2, -0.15) is 17.6 Å². The molecule has 4 aromatic carbocycles. The van der Waals surface area contributed by atoms with Crippen LogP contribution in [0.3, 0.4) is 0 Å². The highest BCUT2D eigenvalue weighted by atomic mass is 19.2. The number of aliphatic hydroxyl groups excluding tert-OH is 8. The van der Waals surface area contributed by atoms with E-state index >= 15 is 70.2 Å². The van der Waals surface area contributed by atoms with Crippen LogP contribution in [0.15, 0.2) is 24.3 Å². The molecular weight excluding hydrogens is 1260 g/mol. The van der Waals surface area contributed by atoms with Crippen molar-refractivity contribution < 1.29 is 139 Å². The number of nitrogens with zero attached hydrogens (tertiary/aromatic N) is 2. The van der Waals surface area contributed by atoms with E-state index in [0.29, 0.717) is 48.6 Å². The molecule has 7 heterocycles. The second-order valence-electron chi connectivity index (χ2n) is 19.9. The summed E-state index contributed by atoms with van der Waals surface area (Å²) < 4.78 is 309. The normalized spacial score (nSPS) is 22.5. The summed E-state index contributed by atoms with van der Waals surface area (Å²) in [5.74, 6) is -51.6. The summed E-state index contributed by atoms with van der Waals surface area (Å²) in [5.41, 5.74) is -21.7. The fraction of sp³-hybridized carbons (Fsp3) is 0.214. The van der Waals surface area contributed by atoms with Crippen molar-refractivity contribution in [3.63, 3.8) is 0 Å². The number of benzene rings is 4. The number of aliphatic hydroxyl groups is 8. The van der Waals surface area contributed by atoms with E-state index in [2.05, 4.69) is 19.9 Å². The first-order chi connectivity index (χ1) is 42.6. The Labute approximate surface area is 486 Å². The van der Waals surface area contributed by atoms with E-state index in [1.54, 1.807) is 0 Å². The van der Waals surface area contributed by atoms with Gasteiger partial charge < -0.3 is 69.8 Å². The molecule has 4 aliphatic rings. The van der Waals surface area contributed by atoms with Gasteiger partial charge in [-0.05, 0) is 48.6 Å². The molecule has 16 nitrogen and oxygen atoms in total. The topological polar surface area (TPSA) is 256 Å². The number of aromatic amines is 2. The molecule has 10 N–H and O–H groups in total. The Bertz CT molecular complexity index is 4040. The number of halogens is 18. The lowest BCUT2D eigenvalue weighted by atomic mass is 9.99. The van der Waals surface area contributed by atoms with Crippen LogP contribution in [0.1, 0.15) is 22.8 Å². The van der Waals surface area contributed by atoms with Crippen molar-refractivity contribution in [3.8, 4) is 56.0 Å². The Morgan fingerprint density at radius 3 is 0.767 bits per heavy atom. The van der Waals surface area contributed by atoms with E-state index < -0.39 is 280 Å². The number of ether oxygens (including phenoxy) is 4. The van der Waals surface area contributed by atoms with E-state index in [0.717, 1.165) is 0 Å². The molecule has 0 spiro atoms. The van der Waals surface area contributed by atoms with Gasteiger partial charge in [0, 0.05) is 44.3 Å². The Morgan fingerprint density at radius 1 is 0.311 bits per heavy atom. The Kier molecular flexibility index (Phi) is 16.3. The largest absolute Gasteiger partial charge is 0.456 e. The molecule has 2 fully saturated rings. The van der Waals surface area contributed by atoms with Crippen LogP contribution in [0.5, 0.6) is 11.5 Å². The number of hydrogen-bond acceptors (Lipinski definition) is 14. The Hall–Kier alpha value is -8.58. The highest BCUT2D eigenvalue weighted by molar-refractivity contribution is 6.00. The lowest BCUT2D eigenvalue weighted by Crippen LogP contribution is -2.60. The molecule has 0 unspecified atom stereocenters. The van der Waals surface area contributed by atoms with Gasteiger partial charge >= 0.3 is 0 Å². The minimum absolute atomic E-state index is 0.560. The average molecular weight is 1290 g/mol. The predicted molar refractivity (Wildman–Crippen MR) is 269 cm³/mol. The van der Waals surface area contributed by atoms with Gasteiger partial charge in [0.15, 0.2) is 81.3 Å². The molecule has 8 bridgehead atoms. The molecule has 474 valence electrons. The third-order valence-corrected chi connectivity index (χ3v) is 14.8. The summed E-state index contributed by atoms with van der Waals surface area (Å²) in [6, 6.07) is 2.36. The maximum Gasteiger partial charge on any atom is 0.229 e. The van der Waals surface area contributed by atoms with Crippen LogP contribution in [-0.2, 0) is 9.47 Å². The summed E-state index contributed by atoms with van der Waals surface area (Å²) in [5, 5.41) is 81.1. The van der Waals surface area contributed by atoms with Crippen molar-refractivity contribution in [2.45, 2.75) is 61.4 Å². The highest BCUT2D eigenvalue weighted by Crippen LogP contribution is 2.47. The molecule has 2 saturated heterocycles. The molecular formula is C56H32F18N4O12. The van der Waals surface area contributed by atoms with Gasteiger partial charge in [0.2, 0.25) is 47.5 Å². The van der Waals surface area contributed by atoms with E-state index in [1.807, 2.05) is 0 Å². The maximum absolute atomic E-state index is 17.0. The molecule has 10 atom stereocenters. The molecule has 11 rings (SSSR count). The summed E-state index contributed by atoms with van der Waals surface area (Å²) in [6.07, 6.45) is -20.4. The maximum atomic E-state index is 17.0. The van der Waals surface area contributed by atoms with Crippen molar-refractivity contribution in [2.24, 2.45) is 0 Å². The van der Waals surface area contributed by atoms with Crippen molar-refractivity contribution in [3.05, 3.63) is 152 Å². The van der Waals surface area contributed by atoms with Crippen LogP contribution in [0, 0.1) is 105 Å².